The van der Waals surface area contributed by atoms with Crippen molar-refractivity contribution in [2.45, 2.75) is 65.2 Å². The zero-order valence-electron chi connectivity index (χ0n) is 12.4. The monoisotopic (exact) mass is 262 g/mol. The Hall–Kier alpha value is -0.800. The van der Waals surface area contributed by atoms with Crippen molar-refractivity contribution in [3.8, 4) is 0 Å². The van der Waals surface area contributed by atoms with Crippen LogP contribution < -0.4 is 5.32 Å². The zero-order chi connectivity index (χ0) is 13.4. The summed E-state index contributed by atoms with van der Waals surface area (Å²) in [6, 6.07) is 3.59. The van der Waals surface area contributed by atoms with Crippen LogP contribution in [0.1, 0.15) is 50.2 Å². The normalized spacial score (nSPS) is 26.7. The number of fused-ring (bicyclic) bond motifs is 2. The van der Waals surface area contributed by atoms with E-state index in [4.69, 9.17) is 4.42 Å². The van der Waals surface area contributed by atoms with E-state index in [1.807, 2.05) is 0 Å². The molecule has 2 aliphatic rings. The van der Waals surface area contributed by atoms with Crippen LogP contribution in [0, 0.1) is 12.8 Å². The van der Waals surface area contributed by atoms with Gasteiger partial charge in [0, 0.05) is 30.7 Å². The first-order chi connectivity index (χ1) is 9.11. The molecule has 1 saturated heterocycles. The molecule has 1 saturated carbocycles. The fraction of sp³-hybridized carbons (Fsp3) is 0.750. The lowest BCUT2D eigenvalue weighted by atomic mass is 10.1. The van der Waals surface area contributed by atoms with Crippen molar-refractivity contribution in [3.05, 3.63) is 23.2 Å². The highest BCUT2D eigenvalue weighted by molar-refractivity contribution is 5.21. The standard InChI is InChI=1S/C16H26N2O/c1-11(2)17-8-14-7-16(19-12(14)3)10-18-9-13-4-5-15(18)6-13/h7,11,13,15,17H,4-6,8-10H2,1-3H3. The first kappa shape index (κ1) is 13.2. The Morgan fingerprint density at radius 3 is 2.89 bits per heavy atom. The number of furan rings is 1. The third kappa shape index (κ3) is 2.87. The molecule has 2 unspecified atom stereocenters. The highest BCUT2D eigenvalue weighted by Crippen LogP contribution is 2.38. The summed E-state index contributed by atoms with van der Waals surface area (Å²) in [6.07, 6.45) is 4.26. The van der Waals surface area contributed by atoms with Crippen LogP contribution in [0.15, 0.2) is 10.5 Å². The summed E-state index contributed by atoms with van der Waals surface area (Å²) in [5, 5.41) is 3.46. The molecule has 3 rings (SSSR count). The van der Waals surface area contributed by atoms with E-state index < -0.39 is 0 Å². The number of hydrogen-bond acceptors (Lipinski definition) is 3. The van der Waals surface area contributed by atoms with Gasteiger partial charge in [0.15, 0.2) is 0 Å². The number of nitrogens with one attached hydrogen (secondary N) is 1. The molecular weight excluding hydrogens is 236 g/mol. The lowest BCUT2D eigenvalue weighted by molar-refractivity contribution is 0.189. The molecule has 19 heavy (non-hydrogen) atoms. The van der Waals surface area contributed by atoms with Crippen LogP contribution in [0.25, 0.3) is 0 Å². The fourth-order valence-corrected chi connectivity index (χ4v) is 3.58. The maximum absolute atomic E-state index is 5.93. The Morgan fingerprint density at radius 2 is 2.26 bits per heavy atom. The van der Waals surface area contributed by atoms with Crippen LogP contribution in [0.2, 0.25) is 0 Å². The Kier molecular flexibility index (Phi) is 3.68. The summed E-state index contributed by atoms with van der Waals surface area (Å²) in [4.78, 5) is 2.62. The van der Waals surface area contributed by atoms with Crippen LogP contribution in [-0.4, -0.2) is 23.5 Å². The van der Waals surface area contributed by atoms with E-state index in [1.165, 1.54) is 31.4 Å². The molecule has 3 nitrogen and oxygen atoms in total. The average Bonchev–Trinajstić information content (AvgIpc) is 3.02. The zero-order valence-corrected chi connectivity index (χ0v) is 12.4. The molecule has 1 N–H and O–H groups in total. The van der Waals surface area contributed by atoms with Crippen molar-refractivity contribution in [2.75, 3.05) is 6.54 Å². The summed E-state index contributed by atoms with van der Waals surface area (Å²) in [5.74, 6) is 3.18. The lowest BCUT2D eigenvalue weighted by Crippen LogP contribution is -2.31. The van der Waals surface area contributed by atoms with Gasteiger partial charge >= 0.3 is 0 Å². The van der Waals surface area contributed by atoms with Crippen molar-refractivity contribution in [2.24, 2.45) is 5.92 Å². The molecule has 0 radical (unpaired) electrons. The maximum atomic E-state index is 5.93. The molecule has 2 heterocycles. The van der Waals surface area contributed by atoms with Gasteiger partial charge in [-0.15, -0.1) is 0 Å². The number of aryl methyl sites for hydroxylation is 1. The van der Waals surface area contributed by atoms with Gasteiger partial charge in [-0.05, 0) is 38.2 Å². The third-order valence-electron chi connectivity index (χ3n) is 4.65. The predicted molar refractivity (Wildman–Crippen MR) is 77.0 cm³/mol. The maximum Gasteiger partial charge on any atom is 0.118 e. The molecular formula is C16H26N2O. The van der Waals surface area contributed by atoms with Crippen LogP contribution in [0.3, 0.4) is 0 Å². The first-order valence-electron chi connectivity index (χ1n) is 7.67. The Balaban J connectivity index is 1.61. The Labute approximate surface area is 116 Å². The predicted octanol–water partition coefficient (Wildman–Crippen LogP) is 3.07. The van der Waals surface area contributed by atoms with Crippen LogP contribution >= 0.6 is 0 Å². The van der Waals surface area contributed by atoms with Gasteiger partial charge in [0.05, 0.1) is 6.54 Å². The molecule has 2 atom stereocenters. The van der Waals surface area contributed by atoms with Gasteiger partial charge in [-0.25, -0.2) is 0 Å². The molecule has 3 heteroatoms. The van der Waals surface area contributed by atoms with Crippen molar-refractivity contribution in [3.63, 3.8) is 0 Å². The first-order valence-corrected chi connectivity index (χ1v) is 7.67. The molecule has 0 spiro atoms. The van der Waals surface area contributed by atoms with E-state index in [-0.39, 0.29) is 0 Å². The van der Waals surface area contributed by atoms with E-state index >= 15 is 0 Å². The smallest absolute Gasteiger partial charge is 0.118 e. The van der Waals surface area contributed by atoms with E-state index in [0.717, 1.165) is 36.6 Å². The summed E-state index contributed by atoms with van der Waals surface area (Å²) < 4.78 is 5.93. The number of rotatable bonds is 5. The molecule has 1 aliphatic carbocycles. The summed E-state index contributed by atoms with van der Waals surface area (Å²) >= 11 is 0. The minimum absolute atomic E-state index is 0.520. The van der Waals surface area contributed by atoms with Gasteiger partial charge < -0.3 is 9.73 Å². The van der Waals surface area contributed by atoms with Crippen molar-refractivity contribution < 1.29 is 4.42 Å². The second kappa shape index (κ2) is 5.29. The Morgan fingerprint density at radius 1 is 1.42 bits per heavy atom. The number of nitrogens with zero attached hydrogens (tertiary/aromatic N) is 1. The molecule has 0 amide bonds. The Bertz CT molecular complexity index is 438. The molecule has 2 bridgehead atoms. The van der Waals surface area contributed by atoms with Gasteiger partial charge in [0.2, 0.25) is 0 Å². The average molecular weight is 262 g/mol. The minimum atomic E-state index is 0.520. The van der Waals surface area contributed by atoms with Gasteiger partial charge in [-0.2, -0.15) is 0 Å². The highest BCUT2D eigenvalue weighted by atomic mass is 16.3. The third-order valence-corrected chi connectivity index (χ3v) is 4.65. The SMILES string of the molecule is Cc1oc(CN2CC3CCC2C3)cc1CNC(C)C. The van der Waals surface area contributed by atoms with Crippen molar-refractivity contribution in [1.82, 2.24) is 10.2 Å². The van der Waals surface area contributed by atoms with Crippen LogP contribution in [-0.2, 0) is 13.1 Å². The molecule has 106 valence electrons. The van der Waals surface area contributed by atoms with Gasteiger partial charge in [0.25, 0.3) is 0 Å². The van der Waals surface area contributed by atoms with Crippen molar-refractivity contribution >= 4 is 0 Å². The molecule has 1 aliphatic heterocycles. The van der Waals surface area contributed by atoms with Gasteiger partial charge in [0.1, 0.15) is 11.5 Å². The lowest BCUT2D eigenvalue weighted by Gasteiger charge is -2.25. The number of likely N-dealkylation sites (tertiary alicyclic amines) is 1. The van der Waals surface area contributed by atoms with Gasteiger partial charge in [-0.3, -0.25) is 4.90 Å². The molecule has 1 aromatic rings. The number of piperidine rings is 1. The van der Waals surface area contributed by atoms with Gasteiger partial charge in [-0.1, -0.05) is 13.8 Å². The summed E-state index contributed by atoms with van der Waals surface area (Å²) in [5.41, 5.74) is 1.31. The van der Waals surface area contributed by atoms with Crippen molar-refractivity contribution in [1.29, 1.82) is 0 Å². The van der Waals surface area contributed by atoms with E-state index in [1.54, 1.807) is 0 Å². The van der Waals surface area contributed by atoms with E-state index in [9.17, 15) is 0 Å². The topological polar surface area (TPSA) is 28.4 Å². The van der Waals surface area contributed by atoms with Crippen LogP contribution in [0.4, 0.5) is 0 Å². The molecule has 0 aromatic carbocycles. The fourth-order valence-electron chi connectivity index (χ4n) is 3.58. The second-order valence-corrected chi connectivity index (χ2v) is 6.59. The van der Waals surface area contributed by atoms with E-state index in [2.05, 4.69) is 37.1 Å². The van der Waals surface area contributed by atoms with Crippen LogP contribution in [0.5, 0.6) is 0 Å². The second-order valence-electron chi connectivity index (χ2n) is 6.59. The largest absolute Gasteiger partial charge is 0.465 e. The summed E-state index contributed by atoms with van der Waals surface area (Å²) in [7, 11) is 0. The molecule has 1 aromatic heterocycles. The minimum Gasteiger partial charge on any atom is -0.465 e. The highest BCUT2D eigenvalue weighted by Gasteiger charge is 2.37. The summed E-state index contributed by atoms with van der Waals surface area (Å²) in [6.45, 7) is 9.64. The van der Waals surface area contributed by atoms with E-state index in [0.29, 0.717) is 6.04 Å². The quantitative estimate of drug-likeness (QED) is 0.884. The molecule has 2 fully saturated rings. The number of hydrogen-bond donors (Lipinski definition) is 1.